The van der Waals surface area contributed by atoms with Gasteiger partial charge in [0.15, 0.2) is 0 Å². The second-order valence-electron chi connectivity index (χ2n) is 8.33. The smallest absolute Gasteiger partial charge is 0.222 e. The summed E-state index contributed by atoms with van der Waals surface area (Å²) in [7, 11) is 0. The first-order valence-corrected chi connectivity index (χ1v) is 13.3. The number of benzene rings is 1. The fraction of sp³-hybridized carbons (Fsp3) is 0.346. The first-order chi connectivity index (χ1) is 16.5. The number of para-hydroxylation sites is 1. The molecule has 0 saturated carbocycles. The molecule has 6 nitrogen and oxygen atoms in total. The molecule has 8 heteroatoms. The van der Waals surface area contributed by atoms with Crippen molar-refractivity contribution in [3.8, 4) is 5.75 Å². The van der Waals surface area contributed by atoms with Gasteiger partial charge in [0.05, 0.1) is 15.3 Å². The third-order valence-corrected chi connectivity index (χ3v) is 6.99. The molecule has 178 valence electrons. The van der Waals surface area contributed by atoms with Crippen LogP contribution in [-0.2, 0) is 17.9 Å². The Bertz CT molecular complexity index is 1220. The van der Waals surface area contributed by atoms with Crippen LogP contribution in [0.2, 0.25) is 5.02 Å². The third-order valence-electron chi connectivity index (χ3n) is 5.92. The number of hydrogen-bond donors (Lipinski definition) is 0. The third kappa shape index (κ3) is 5.46. The average Bonchev–Trinajstić information content (AvgIpc) is 2.83. The maximum Gasteiger partial charge on any atom is 0.222 e. The second kappa shape index (κ2) is 11.4. The Kier molecular flexibility index (Phi) is 8.26. The molecule has 1 aliphatic rings. The van der Waals surface area contributed by atoms with Crippen LogP contribution < -0.4 is 9.64 Å². The van der Waals surface area contributed by atoms with Gasteiger partial charge in [-0.25, -0.2) is 4.98 Å². The Balaban J connectivity index is 1.64. The molecule has 4 rings (SSSR count). The lowest BCUT2D eigenvalue weighted by Crippen LogP contribution is -2.35. The molecular weight excluding hydrogens is 563 g/mol. The highest BCUT2D eigenvalue weighted by Crippen LogP contribution is 2.34. The van der Waals surface area contributed by atoms with E-state index < -0.39 is 0 Å². The summed E-state index contributed by atoms with van der Waals surface area (Å²) >= 11 is 8.90. The number of allylic oxidation sites excluding steroid dienone is 1. The van der Waals surface area contributed by atoms with E-state index in [0.717, 1.165) is 57.3 Å². The fourth-order valence-electron chi connectivity index (χ4n) is 4.23. The molecule has 0 bridgehead atoms. The van der Waals surface area contributed by atoms with E-state index >= 15 is 0 Å². The Hall–Kier alpha value is -2.39. The number of aryl methyl sites for hydroxylation is 1. The van der Waals surface area contributed by atoms with E-state index in [1.807, 2.05) is 37.0 Å². The summed E-state index contributed by atoms with van der Waals surface area (Å²) in [6, 6.07) is 8.09. The van der Waals surface area contributed by atoms with Crippen molar-refractivity contribution < 1.29 is 9.53 Å². The van der Waals surface area contributed by atoms with Gasteiger partial charge in [-0.05, 0) is 44.4 Å². The van der Waals surface area contributed by atoms with E-state index in [4.69, 9.17) is 21.3 Å². The summed E-state index contributed by atoms with van der Waals surface area (Å²) in [4.78, 5) is 25.5. The van der Waals surface area contributed by atoms with Crippen LogP contribution in [0.5, 0.6) is 5.75 Å². The fourth-order valence-corrected chi connectivity index (χ4v) is 5.06. The van der Waals surface area contributed by atoms with E-state index in [0.29, 0.717) is 23.7 Å². The van der Waals surface area contributed by atoms with Crippen LogP contribution in [0.3, 0.4) is 0 Å². The number of nitrogens with zero attached hydrogens (tertiary/aromatic N) is 4. The molecule has 0 aliphatic carbocycles. The molecular formula is C26H28ClIN4O2. The van der Waals surface area contributed by atoms with Gasteiger partial charge in [0.1, 0.15) is 17.9 Å². The number of pyridine rings is 2. The Morgan fingerprint density at radius 2 is 2.15 bits per heavy atom. The van der Waals surface area contributed by atoms with Gasteiger partial charge in [0.2, 0.25) is 5.91 Å². The first-order valence-electron chi connectivity index (χ1n) is 11.4. The number of piperidine rings is 1. The minimum atomic E-state index is 0.181. The number of anilines is 1. The molecule has 0 radical (unpaired) electrons. The molecule has 1 amide bonds. The lowest BCUT2D eigenvalue weighted by atomic mass is 10.1. The van der Waals surface area contributed by atoms with Crippen LogP contribution in [0.15, 0.2) is 48.9 Å². The SMILES string of the molecule is C/C=C\N(CI)c1cc(C)nc2c(OCc3c(Cl)cncc3CN3CCCCC3=O)cccc12. The van der Waals surface area contributed by atoms with Crippen LogP contribution in [-0.4, -0.2) is 31.9 Å². The lowest BCUT2D eigenvalue weighted by Gasteiger charge is -2.27. The van der Waals surface area contributed by atoms with Crippen LogP contribution in [0.1, 0.15) is 43.0 Å². The maximum atomic E-state index is 12.3. The summed E-state index contributed by atoms with van der Waals surface area (Å²) in [5.41, 5.74) is 4.59. The molecule has 34 heavy (non-hydrogen) atoms. The van der Waals surface area contributed by atoms with Gasteiger partial charge in [-0.3, -0.25) is 9.78 Å². The number of amides is 1. The topological polar surface area (TPSA) is 58.6 Å². The molecule has 1 aliphatic heterocycles. The second-order valence-corrected chi connectivity index (χ2v) is 9.42. The molecule has 1 aromatic carbocycles. The Labute approximate surface area is 219 Å². The summed E-state index contributed by atoms with van der Waals surface area (Å²) in [5, 5.41) is 1.56. The molecule has 0 unspecified atom stereocenters. The highest BCUT2D eigenvalue weighted by Gasteiger charge is 2.21. The Morgan fingerprint density at radius 1 is 1.29 bits per heavy atom. The monoisotopic (exact) mass is 590 g/mol. The maximum absolute atomic E-state index is 12.3. The van der Waals surface area contributed by atoms with E-state index in [1.165, 1.54) is 0 Å². The van der Waals surface area contributed by atoms with Crippen molar-refractivity contribution >= 4 is 56.7 Å². The first kappa shape index (κ1) is 24.7. The van der Waals surface area contributed by atoms with Gasteiger partial charge in [-0.1, -0.05) is 52.4 Å². The lowest BCUT2D eigenvalue weighted by molar-refractivity contribution is -0.133. The van der Waals surface area contributed by atoms with E-state index in [2.05, 4.69) is 50.8 Å². The van der Waals surface area contributed by atoms with Gasteiger partial charge < -0.3 is 14.5 Å². The quantitative estimate of drug-likeness (QED) is 0.172. The number of rotatable bonds is 8. The molecule has 3 aromatic rings. The predicted molar refractivity (Wildman–Crippen MR) is 146 cm³/mol. The minimum Gasteiger partial charge on any atom is -0.487 e. The van der Waals surface area contributed by atoms with Crippen LogP contribution >= 0.6 is 34.2 Å². The number of hydrogen-bond acceptors (Lipinski definition) is 5. The number of likely N-dealkylation sites (tertiary alicyclic amines) is 1. The van der Waals surface area contributed by atoms with E-state index in [-0.39, 0.29) is 12.5 Å². The molecule has 1 fully saturated rings. The number of carbonyl (C=O) groups is 1. The van der Waals surface area contributed by atoms with Crippen LogP contribution in [0.25, 0.3) is 10.9 Å². The number of halogens is 2. The van der Waals surface area contributed by atoms with Crippen LogP contribution in [0.4, 0.5) is 5.69 Å². The van der Waals surface area contributed by atoms with Crippen molar-refractivity contribution in [1.29, 1.82) is 0 Å². The molecule has 0 spiro atoms. The van der Waals surface area contributed by atoms with E-state index in [1.54, 1.807) is 12.4 Å². The molecule has 3 heterocycles. The predicted octanol–water partition coefficient (Wildman–Crippen LogP) is 6.42. The number of ether oxygens (including phenoxy) is 1. The standard InChI is InChI=1S/C26H28ClIN4O2/c1-3-10-32(17-28)23-12-18(2)30-26-20(23)7-6-8-24(26)34-16-21-19(13-29-14-22(21)27)15-31-11-5-4-9-25(31)33/h3,6-8,10,12-14H,4-5,9,11,15-17H2,1-2H3/b10-3-. The molecule has 2 aromatic heterocycles. The highest BCUT2D eigenvalue weighted by atomic mass is 127. The number of aromatic nitrogens is 2. The zero-order valence-corrected chi connectivity index (χ0v) is 22.3. The molecule has 1 saturated heterocycles. The number of alkyl halides is 1. The average molecular weight is 591 g/mol. The summed E-state index contributed by atoms with van der Waals surface area (Å²) in [6.45, 7) is 5.54. The van der Waals surface area contributed by atoms with Crippen molar-refractivity contribution in [1.82, 2.24) is 14.9 Å². The van der Waals surface area contributed by atoms with Gasteiger partial charge in [0.25, 0.3) is 0 Å². The van der Waals surface area contributed by atoms with Crippen molar-refractivity contribution in [2.75, 3.05) is 16.0 Å². The molecule has 0 atom stereocenters. The van der Waals surface area contributed by atoms with Crippen molar-refractivity contribution in [3.63, 3.8) is 0 Å². The molecule has 0 N–H and O–H groups in total. The summed E-state index contributed by atoms with van der Waals surface area (Å²) in [5.74, 6) is 0.879. The summed E-state index contributed by atoms with van der Waals surface area (Å²) < 4.78 is 7.13. The number of carbonyl (C=O) groups excluding carboxylic acids is 1. The van der Waals surface area contributed by atoms with E-state index in [9.17, 15) is 4.79 Å². The zero-order valence-electron chi connectivity index (χ0n) is 19.4. The van der Waals surface area contributed by atoms with Gasteiger partial charge in [-0.2, -0.15) is 0 Å². The largest absolute Gasteiger partial charge is 0.487 e. The van der Waals surface area contributed by atoms with Gasteiger partial charge >= 0.3 is 0 Å². The highest BCUT2D eigenvalue weighted by molar-refractivity contribution is 14.1. The van der Waals surface area contributed by atoms with Crippen LogP contribution in [0, 0.1) is 6.92 Å². The van der Waals surface area contributed by atoms with Crippen molar-refractivity contribution in [2.24, 2.45) is 0 Å². The number of fused-ring (bicyclic) bond motifs is 1. The summed E-state index contributed by atoms with van der Waals surface area (Å²) in [6.07, 6.45) is 10.1. The minimum absolute atomic E-state index is 0.181. The van der Waals surface area contributed by atoms with Gasteiger partial charge in [0, 0.05) is 54.7 Å². The zero-order chi connectivity index (χ0) is 24.1. The van der Waals surface area contributed by atoms with Crippen molar-refractivity contribution in [3.05, 3.63) is 70.8 Å². The van der Waals surface area contributed by atoms with Gasteiger partial charge in [-0.15, -0.1) is 0 Å². The van der Waals surface area contributed by atoms with Crippen molar-refractivity contribution in [2.45, 2.75) is 46.3 Å². The Morgan fingerprint density at radius 3 is 2.91 bits per heavy atom. The normalized spacial score (nSPS) is 14.2.